The van der Waals surface area contributed by atoms with Crippen LogP contribution < -0.4 is 15.3 Å². The number of benzene rings is 1. The van der Waals surface area contributed by atoms with E-state index in [-0.39, 0.29) is 55.4 Å². The topological polar surface area (TPSA) is 104 Å². The van der Waals surface area contributed by atoms with E-state index in [1.54, 1.807) is 34.5 Å². The fourth-order valence-electron chi connectivity index (χ4n) is 4.34. The monoisotopic (exact) mass is 530 g/mol. The van der Waals surface area contributed by atoms with E-state index in [0.29, 0.717) is 25.6 Å². The van der Waals surface area contributed by atoms with Crippen LogP contribution in [0.3, 0.4) is 0 Å². The summed E-state index contributed by atoms with van der Waals surface area (Å²) >= 11 is 0. The Morgan fingerprint density at radius 1 is 1.24 bits per heavy atom. The van der Waals surface area contributed by atoms with Crippen molar-refractivity contribution in [2.45, 2.75) is 26.4 Å². The highest BCUT2D eigenvalue weighted by atomic mass is 19.1. The van der Waals surface area contributed by atoms with Crippen molar-refractivity contribution in [3.8, 4) is 0 Å². The van der Waals surface area contributed by atoms with Gasteiger partial charge in [-0.25, -0.2) is 13.6 Å². The van der Waals surface area contributed by atoms with Gasteiger partial charge in [0.2, 0.25) is 5.91 Å². The standard InChI is InChI=1S/C26H32F2N6O4/c1-18(2)16-37-17-20-15-34(26(36)38-20)19-12-21(27)25(22(28)13-19)33-10-8-32(9-11-33)24(35)4-3-6-31-7-5-30-14-23(31)29/h3,5-7,12-14,18,20,29H,4,8-11,15-17H2,1-2H3/b6-3+,29-23?. The molecule has 2 aromatic rings. The van der Waals surface area contributed by atoms with Crippen LogP contribution in [0.2, 0.25) is 0 Å². The summed E-state index contributed by atoms with van der Waals surface area (Å²) in [5.74, 6) is -1.34. The van der Waals surface area contributed by atoms with E-state index >= 15 is 8.78 Å². The first-order valence-corrected chi connectivity index (χ1v) is 12.5. The summed E-state index contributed by atoms with van der Waals surface area (Å²) in [6.45, 7) is 6.07. The molecule has 1 unspecified atom stereocenters. The van der Waals surface area contributed by atoms with Crippen LogP contribution >= 0.6 is 0 Å². The van der Waals surface area contributed by atoms with Gasteiger partial charge in [-0.15, -0.1) is 0 Å². The van der Waals surface area contributed by atoms with Crippen LogP contribution in [0.5, 0.6) is 0 Å². The zero-order chi connectivity index (χ0) is 27.2. The van der Waals surface area contributed by atoms with Crippen molar-refractivity contribution in [2.24, 2.45) is 5.92 Å². The number of hydrogen-bond acceptors (Lipinski definition) is 7. The van der Waals surface area contributed by atoms with Gasteiger partial charge in [-0.1, -0.05) is 19.9 Å². The van der Waals surface area contributed by atoms with Crippen molar-refractivity contribution in [1.29, 1.82) is 5.41 Å². The molecule has 204 valence electrons. The van der Waals surface area contributed by atoms with Crippen molar-refractivity contribution in [3.05, 3.63) is 53.9 Å². The molecular formula is C26H32F2N6O4. The van der Waals surface area contributed by atoms with Crippen molar-refractivity contribution in [2.75, 3.05) is 55.7 Å². The van der Waals surface area contributed by atoms with Crippen LogP contribution in [-0.4, -0.2) is 78.5 Å². The number of amides is 2. The van der Waals surface area contributed by atoms with Gasteiger partial charge in [0.15, 0.2) is 11.6 Å². The zero-order valence-corrected chi connectivity index (χ0v) is 21.5. The number of hydrogen-bond donors (Lipinski definition) is 1. The fourth-order valence-corrected chi connectivity index (χ4v) is 4.34. The summed E-state index contributed by atoms with van der Waals surface area (Å²) in [7, 11) is 0. The lowest BCUT2D eigenvalue weighted by molar-refractivity contribution is -0.130. The Labute approximate surface area is 219 Å². The number of carbonyl (C=O) groups excluding carboxylic acids is 2. The summed E-state index contributed by atoms with van der Waals surface area (Å²) in [4.78, 5) is 33.1. The van der Waals surface area contributed by atoms with Crippen molar-refractivity contribution in [1.82, 2.24) is 14.5 Å². The average Bonchev–Trinajstić information content (AvgIpc) is 3.25. The average molecular weight is 531 g/mol. The maximum Gasteiger partial charge on any atom is 0.414 e. The molecule has 10 nitrogen and oxygen atoms in total. The zero-order valence-electron chi connectivity index (χ0n) is 21.5. The van der Waals surface area contributed by atoms with Gasteiger partial charge in [-0.3, -0.25) is 20.1 Å². The van der Waals surface area contributed by atoms with Crippen molar-refractivity contribution in [3.63, 3.8) is 0 Å². The minimum Gasteiger partial charge on any atom is -0.441 e. The molecule has 2 amide bonds. The summed E-state index contributed by atoms with van der Waals surface area (Å²) in [6.07, 6.45) is 6.81. The lowest BCUT2D eigenvalue weighted by Gasteiger charge is -2.36. The molecule has 1 aromatic carbocycles. The second-order valence-electron chi connectivity index (χ2n) is 9.63. The van der Waals surface area contributed by atoms with Gasteiger partial charge >= 0.3 is 6.09 Å². The molecule has 3 heterocycles. The Hall–Kier alpha value is -3.80. The van der Waals surface area contributed by atoms with Gasteiger partial charge in [0, 0.05) is 69.9 Å². The van der Waals surface area contributed by atoms with Gasteiger partial charge in [0.1, 0.15) is 17.3 Å². The highest BCUT2D eigenvalue weighted by molar-refractivity contribution is 5.90. The molecule has 1 N–H and O–H groups in total. The van der Waals surface area contributed by atoms with E-state index in [1.807, 2.05) is 13.8 Å². The quantitative estimate of drug-likeness (QED) is 0.535. The summed E-state index contributed by atoms with van der Waals surface area (Å²) < 4.78 is 42.5. The maximum absolute atomic E-state index is 15.1. The van der Waals surface area contributed by atoms with Gasteiger partial charge in [-0.05, 0) is 5.92 Å². The highest BCUT2D eigenvalue weighted by Crippen LogP contribution is 2.31. The van der Waals surface area contributed by atoms with Crippen LogP contribution in [0.15, 0.2) is 36.8 Å². The van der Waals surface area contributed by atoms with Gasteiger partial charge in [0.05, 0.1) is 25.0 Å². The summed E-state index contributed by atoms with van der Waals surface area (Å²) in [5, 5.41) is 7.76. The molecule has 0 aliphatic carbocycles. The molecule has 2 fully saturated rings. The molecule has 0 bridgehead atoms. The number of nitrogens with zero attached hydrogens (tertiary/aromatic N) is 5. The van der Waals surface area contributed by atoms with Crippen LogP contribution in [0.25, 0.3) is 6.20 Å². The van der Waals surface area contributed by atoms with E-state index in [2.05, 4.69) is 4.98 Å². The number of anilines is 2. The van der Waals surface area contributed by atoms with Crippen LogP contribution in [0.4, 0.5) is 25.0 Å². The lowest BCUT2D eigenvalue weighted by atomic mass is 10.2. The van der Waals surface area contributed by atoms with Crippen LogP contribution in [0, 0.1) is 23.0 Å². The Kier molecular flexibility index (Phi) is 8.72. The SMILES string of the molecule is CC(C)COCC1CN(c2cc(F)c(N3CCN(C(=O)C/C=C/n4ccncc4=N)CC3)c(F)c2)C(=O)O1. The molecule has 1 aromatic heterocycles. The smallest absolute Gasteiger partial charge is 0.414 e. The maximum atomic E-state index is 15.1. The van der Waals surface area contributed by atoms with Gasteiger partial charge in [-0.2, -0.15) is 0 Å². The first kappa shape index (κ1) is 27.2. The Morgan fingerprint density at radius 3 is 2.61 bits per heavy atom. The molecule has 4 rings (SSSR count). The van der Waals surface area contributed by atoms with E-state index < -0.39 is 23.8 Å². The third kappa shape index (κ3) is 6.55. The number of halogens is 2. The molecular weight excluding hydrogens is 498 g/mol. The first-order valence-electron chi connectivity index (χ1n) is 12.5. The third-order valence-electron chi connectivity index (χ3n) is 6.24. The van der Waals surface area contributed by atoms with E-state index in [0.717, 1.165) is 12.1 Å². The molecule has 2 saturated heterocycles. The van der Waals surface area contributed by atoms with Gasteiger partial charge in [0.25, 0.3) is 0 Å². The van der Waals surface area contributed by atoms with Gasteiger partial charge < -0.3 is 23.8 Å². The number of rotatable bonds is 9. The number of carbonyl (C=O) groups is 2. The molecule has 0 saturated carbocycles. The number of cyclic esters (lactones) is 1. The van der Waals surface area contributed by atoms with E-state index in [4.69, 9.17) is 14.9 Å². The first-order chi connectivity index (χ1) is 18.2. The highest BCUT2D eigenvalue weighted by Gasteiger charge is 2.34. The molecule has 38 heavy (non-hydrogen) atoms. The predicted octanol–water partition coefficient (Wildman–Crippen LogP) is 2.85. The predicted molar refractivity (Wildman–Crippen MR) is 136 cm³/mol. The van der Waals surface area contributed by atoms with E-state index in [9.17, 15) is 9.59 Å². The fraction of sp³-hybridized carbons (Fsp3) is 0.462. The number of aromatic nitrogens is 2. The second kappa shape index (κ2) is 12.2. The molecule has 2 aliphatic rings. The molecule has 12 heteroatoms. The minimum atomic E-state index is -0.782. The third-order valence-corrected chi connectivity index (χ3v) is 6.24. The minimum absolute atomic E-state index is 0.0867. The molecule has 0 radical (unpaired) electrons. The Morgan fingerprint density at radius 2 is 1.95 bits per heavy atom. The Bertz CT molecular complexity index is 1220. The summed E-state index contributed by atoms with van der Waals surface area (Å²) in [6, 6.07) is 2.27. The molecule has 2 aliphatic heterocycles. The molecule has 0 spiro atoms. The number of piperazine rings is 1. The second-order valence-corrected chi connectivity index (χ2v) is 9.63. The van der Waals surface area contributed by atoms with Crippen molar-refractivity contribution >= 4 is 29.6 Å². The Balaban J connectivity index is 1.33. The van der Waals surface area contributed by atoms with Crippen LogP contribution in [0.1, 0.15) is 20.3 Å². The van der Waals surface area contributed by atoms with Crippen molar-refractivity contribution < 1.29 is 27.8 Å². The summed E-state index contributed by atoms with van der Waals surface area (Å²) in [5.41, 5.74) is 0.0998. The molecule has 1 atom stereocenters. The normalized spacial score (nSPS) is 18.1. The largest absolute Gasteiger partial charge is 0.441 e. The van der Waals surface area contributed by atoms with Crippen LogP contribution in [-0.2, 0) is 14.3 Å². The lowest BCUT2D eigenvalue weighted by Crippen LogP contribution is -2.49. The number of ether oxygens (including phenoxy) is 2. The van der Waals surface area contributed by atoms with E-state index in [1.165, 1.54) is 15.7 Å². The number of nitrogens with one attached hydrogen (secondary N) is 1.